The van der Waals surface area contributed by atoms with Crippen molar-refractivity contribution in [2.45, 2.75) is 76.1 Å². The maximum absolute atomic E-state index is 13.0. The van der Waals surface area contributed by atoms with Gasteiger partial charge in [-0.3, -0.25) is 24.6 Å². The van der Waals surface area contributed by atoms with Gasteiger partial charge in [-0.1, -0.05) is 6.42 Å². The minimum Gasteiger partial charge on any atom is -0.489 e. The molecule has 1 aromatic rings. The molecule has 0 radical (unpaired) electrons. The lowest BCUT2D eigenvalue weighted by Crippen LogP contribution is -2.59. The summed E-state index contributed by atoms with van der Waals surface area (Å²) in [6, 6.07) is 5.58. The predicted octanol–water partition coefficient (Wildman–Crippen LogP) is 2.50. The van der Waals surface area contributed by atoms with Crippen LogP contribution in [0, 0.1) is 11.8 Å². The number of likely N-dealkylation sites (tertiary alicyclic amines) is 1. The van der Waals surface area contributed by atoms with Gasteiger partial charge in [0.1, 0.15) is 17.9 Å². The molecule has 188 valence electrons. The van der Waals surface area contributed by atoms with Crippen LogP contribution in [0.4, 0.5) is 0 Å². The van der Waals surface area contributed by atoms with Crippen LogP contribution in [-0.2, 0) is 20.9 Å². The zero-order valence-electron chi connectivity index (χ0n) is 20.2. The molecule has 35 heavy (non-hydrogen) atoms. The molecule has 3 saturated heterocycles. The van der Waals surface area contributed by atoms with Gasteiger partial charge in [0.15, 0.2) is 0 Å². The monoisotopic (exact) mass is 481 g/mol. The van der Waals surface area contributed by atoms with Crippen LogP contribution in [0.3, 0.4) is 0 Å². The first-order chi connectivity index (χ1) is 17.1. The minimum absolute atomic E-state index is 0.142. The fourth-order valence-electron chi connectivity index (χ4n) is 6.74. The third-order valence-electron chi connectivity index (χ3n) is 8.79. The fraction of sp³-hybridized carbons (Fsp3) is 0.667. The van der Waals surface area contributed by atoms with E-state index in [0.29, 0.717) is 24.6 Å². The van der Waals surface area contributed by atoms with Crippen molar-refractivity contribution >= 4 is 17.7 Å². The SMILES string of the molecule is O=C1CCC(N2Cc3cc(O[C@@H]4CCCC[C@H]4N4CC(C5CCOCC5)C4)ccc3C2=O)C(=O)N1. The van der Waals surface area contributed by atoms with E-state index in [-0.39, 0.29) is 30.2 Å². The van der Waals surface area contributed by atoms with Crippen molar-refractivity contribution in [2.75, 3.05) is 26.3 Å². The average molecular weight is 482 g/mol. The Labute approximate surface area is 206 Å². The van der Waals surface area contributed by atoms with Gasteiger partial charge in [-0.15, -0.1) is 0 Å². The lowest BCUT2D eigenvalue weighted by Gasteiger charge is -2.51. The van der Waals surface area contributed by atoms with Crippen LogP contribution in [0.2, 0.25) is 0 Å². The Morgan fingerprint density at radius 3 is 2.54 bits per heavy atom. The van der Waals surface area contributed by atoms with Gasteiger partial charge in [0, 0.05) is 50.9 Å². The smallest absolute Gasteiger partial charge is 0.255 e. The molecular formula is C27H35N3O5. The van der Waals surface area contributed by atoms with E-state index in [1.165, 1.54) is 45.2 Å². The van der Waals surface area contributed by atoms with Gasteiger partial charge in [0.05, 0.1) is 0 Å². The normalized spacial score (nSPS) is 30.7. The van der Waals surface area contributed by atoms with Crippen molar-refractivity contribution in [3.05, 3.63) is 29.3 Å². The molecule has 1 aliphatic carbocycles. The van der Waals surface area contributed by atoms with E-state index >= 15 is 0 Å². The van der Waals surface area contributed by atoms with Crippen molar-refractivity contribution in [1.82, 2.24) is 15.1 Å². The van der Waals surface area contributed by atoms with Crippen molar-refractivity contribution < 1.29 is 23.9 Å². The van der Waals surface area contributed by atoms with Gasteiger partial charge < -0.3 is 14.4 Å². The van der Waals surface area contributed by atoms with Gasteiger partial charge in [0.25, 0.3) is 5.91 Å². The highest BCUT2D eigenvalue weighted by atomic mass is 16.5. The fourth-order valence-corrected chi connectivity index (χ4v) is 6.74. The molecule has 1 unspecified atom stereocenters. The van der Waals surface area contributed by atoms with E-state index in [1.807, 2.05) is 18.2 Å². The second-order valence-corrected chi connectivity index (χ2v) is 10.9. The molecule has 0 aromatic heterocycles. The molecule has 4 aliphatic heterocycles. The number of rotatable bonds is 5. The average Bonchev–Trinajstić information content (AvgIpc) is 3.15. The highest BCUT2D eigenvalue weighted by Crippen LogP contribution is 2.37. The van der Waals surface area contributed by atoms with Crippen LogP contribution < -0.4 is 10.1 Å². The number of amides is 3. The van der Waals surface area contributed by atoms with Gasteiger partial charge in [0.2, 0.25) is 11.8 Å². The van der Waals surface area contributed by atoms with Crippen molar-refractivity contribution in [3.8, 4) is 5.75 Å². The maximum Gasteiger partial charge on any atom is 0.255 e. The highest BCUT2D eigenvalue weighted by molar-refractivity contribution is 6.05. The molecule has 8 heteroatoms. The predicted molar refractivity (Wildman–Crippen MR) is 128 cm³/mol. The van der Waals surface area contributed by atoms with Gasteiger partial charge in [-0.2, -0.15) is 0 Å². The Hall–Kier alpha value is -2.45. The molecule has 1 saturated carbocycles. The third-order valence-corrected chi connectivity index (χ3v) is 8.79. The molecule has 5 aliphatic rings. The Bertz CT molecular complexity index is 1000. The summed E-state index contributed by atoms with van der Waals surface area (Å²) < 4.78 is 12.1. The first-order valence-electron chi connectivity index (χ1n) is 13.3. The van der Waals surface area contributed by atoms with Gasteiger partial charge >= 0.3 is 0 Å². The van der Waals surface area contributed by atoms with Crippen LogP contribution in [0.25, 0.3) is 0 Å². The van der Waals surface area contributed by atoms with Crippen molar-refractivity contribution in [1.29, 1.82) is 0 Å². The number of benzene rings is 1. The number of hydrogen-bond donors (Lipinski definition) is 1. The van der Waals surface area contributed by atoms with Gasteiger partial charge in [-0.25, -0.2) is 0 Å². The van der Waals surface area contributed by atoms with E-state index in [9.17, 15) is 14.4 Å². The molecule has 0 spiro atoms. The molecule has 1 N–H and O–H groups in total. The van der Waals surface area contributed by atoms with E-state index in [4.69, 9.17) is 9.47 Å². The van der Waals surface area contributed by atoms with Crippen molar-refractivity contribution in [3.63, 3.8) is 0 Å². The maximum atomic E-state index is 13.0. The summed E-state index contributed by atoms with van der Waals surface area (Å²) in [5.74, 6) is 1.62. The zero-order chi connectivity index (χ0) is 23.9. The summed E-state index contributed by atoms with van der Waals surface area (Å²) in [5.41, 5.74) is 1.53. The summed E-state index contributed by atoms with van der Waals surface area (Å²) in [7, 11) is 0. The number of nitrogens with zero attached hydrogens (tertiary/aromatic N) is 2. The molecule has 3 amide bonds. The van der Waals surface area contributed by atoms with Crippen LogP contribution in [0.15, 0.2) is 18.2 Å². The number of nitrogens with one attached hydrogen (secondary N) is 1. The number of ether oxygens (including phenoxy) is 2. The van der Waals surface area contributed by atoms with E-state index in [0.717, 1.165) is 42.8 Å². The minimum atomic E-state index is -0.588. The molecule has 6 rings (SSSR count). The first kappa shape index (κ1) is 23.0. The summed E-state index contributed by atoms with van der Waals surface area (Å²) >= 11 is 0. The Morgan fingerprint density at radius 1 is 0.943 bits per heavy atom. The van der Waals surface area contributed by atoms with Crippen LogP contribution >= 0.6 is 0 Å². The number of carbonyl (C=O) groups is 3. The van der Waals surface area contributed by atoms with Crippen molar-refractivity contribution in [2.24, 2.45) is 11.8 Å². The second kappa shape index (κ2) is 9.54. The van der Waals surface area contributed by atoms with Crippen LogP contribution in [0.5, 0.6) is 5.75 Å². The molecule has 1 aromatic carbocycles. The standard InChI is InChI=1S/C27H35N3O5/c31-25-8-7-23(26(32)28-25)30-16-18-13-20(5-6-21(18)27(30)33)35-24-4-2-1-3-22(24)29-14-19(15-29)17-9-11-34-12-10-17/h5-6,13,17,19,22-24H,1-4,7-12,14-16H2,(H,28,31,32)/t22-,23?,24-/m1/s1. The highest BCUT2D eigenvalue weighted by Gasteiger charge is 2.42. The van der Waals surface area contributed by atoms with Crippen LogP contribution in [0.1, 0.15) is 67.3 Å². The third kappa shape index (κ3) is 4.47. The molecule has 3 atom stereocenters. The molecule has 0 bridgehead atoms. The Kier molecular flexibility index (Phi) is 6.26. The zero-order valence-corrected chi connectivity index (χ0v) is 20.2. The van der Waals surface area contributed by atoms with Crippen LogP contribution in [-0.4, -0.2) is 72.0 Å². The van der Waals surface area contributed by atoms with E-state index < -0.39 is 6.04 Å². The number of carbonyl (C=O) groups excluding carboxylic acids is 3. The summed E-state index contributed by atoms with van der Waals surface area (Å²) in [5, 5.41) is 2.36. The number of imide groups is 1. The number of hydrogen-bond acceptors (Lipinski definition) is 6. The largest absolute Gasteiger partial charge is 0.489 e. The molecule has 4 fully saturated rings. The Morgan fingerprint density at radius 2 is 1.74 bits per heavy atom. The number of fused-ring (bicyclic) bond motifs is 1. The molecular weight excluding hydrogens is 446 g/mol. The summed E-state index contributed by atoms with van der Waals surface area (Å²) in [6.45, 7) is 4.56. The van der Waals surface area contributed by atoms with E-state index in [1.54, 1.807) is 4.90 Å². The number of piperidine rings is 1. The summed E-state index contributed by atoms with van der Waals surface area (Å²) in [6.07, 6.45) is 7.88. The Balaban J connectivity index is 1.10. The quantitative estimate of drug-likeness (QED) is 0.651. The van der Waals surface area contributed by atoms with E-state index in [2.05, 4.69) is 10.2 Å². The lowest BCUT2D eigenvalue weighted by molar-refractivity contribution is -0.136. The molecule has 8 nitrogen and oxygen atoms in total. The van der Waals surface area contributed by atoms with Gasteiger partial charge in [-0.05, 0) is 74.1 Å². The first-order valence-corrected chi connectivity index (χ1v) is 13.3. The molecule has 4 heterocycles. The lowest BCUT2D eigenvalue weighted by atomic mass is 9.78. The topological polar surface area (TPSA) is 88.2 Å². The summed E-state index contributed by atoms with van der Waals surface area (Å²) in [4.78, 5) is 41.0. The second-order valence-electron chi connectivity index (χ2n) is 10.9.